The monoisotopic (exact) mass is 464 g/mol. The molecule has 0 aromatic heterocycles. The molecule has 2 aromatic carbocycles. The van der Waals surface area contributed by atoms with Crippen molar-refractivity contribution < 1.29 is 24.2 Å². The number of carboxylic acids is 1. The summed E-state index contributed by atoms with van der Waals surface area (Å²) in [4.78, 5) is 37.7. The number of hydrogen-bond donors (Lipinski definition) is 2. The number of hydrogen-bond acceptors (Lipinski definition) is 4. The number of amides is 2. The van der Waals surface area contributed by atoms with Crippen LogP contribution >= 0.6 is 0 Å². The van der Waals surface area contributed by atoms with Crippen molar-refractivity contribution in [2.45, 2.75) is 51.0 Å². The fourth-order valence-corrected chi connectivity index (χ4v) is 5.17. The van der Waals surface area contributed by atoms with Gasteiger partial charge in [0.2, 0.25) is 5.91 Å². The number of ether oxygens (including phenoxy) is 1. The molecule has 1 unspecified atom stereocenters. The second-order valence-corrected chi connectivity index (χ2v) is 9.33. The van der Waals surface area contributed by atoms with E-state index in [0.717, 1.165) is 12.8 Å². The first-order valence-electron chi connectivity index (χ1n) is 12.0. The van der Waals surface area contributed by atoms with Crippen molar-refractivity contribution in [3.05, 3.63) is 59.7 Å². The van der Waals surface area contributed by atoms with Crippen molar-refractivity contribution in [2.24, 2.45) is 5.92 Å². The van der Waals surface area contributed by atoms with Gasteiger partial charge in [0.1, 0.15) is 6.61 Å². The summed E-state index contributed by atoms with van der Waals surface area (Å²) in [5.41, 5.74) is 4.72. The predicted octanol–water partition coefficient (Wildman–Crippen LogP) is 4.41. The predicted molar refractivity (Wildman–Crippen MR) is 128 cm³/mol. The standard InChI is InChI=1S/C27H32N2O5/c1-18(15-25(30)29-14-6-7-19(29)16-26(31)32)12-13-28-27(33)34-17-24-22-10-4-2-8-20(22)21-9-3-5-11-23(21)24/h2-5,8-11,18-19,24H,6-7,12-17H2,1H3,(H,28,33)(H,31,32)/t18?,19-/m0/s1. The van der Waals surface area contributed by atoms with Gasteiger partial charge in [0, 0.05) is 31.5 Å². The highest BCUT2D eigenvalue weighted by Gasteiger charge is 2.31. The van der Waals surface area contributed by atoms with Crippen LogP contribution in [0.15, 0.2) is 48.5 Å². The SMILES string of the molecule is CC(CCNC(=O)OCC1c2ccccc2-c2ccccc21)CC(=O)N1CCC[C@H]1CC(=O)O. The van der Waals surface area contributed by atoms with Crippen LogP contribution in [0.3, 0.4) is 0 Å². The highest BCUT2D eigenvalue weighted by atomic mass is 16.5. The van der Waals surface area contributed by atoms with Gasteiger partial charge in [0.25, 0.3) is 0 Å². The Morgan fingerprint density at radius 1 is 1.09 bits per heavy atom. The molecule has 0 spiro atoms. The van der Waals surface area contributed by atoms with Crippen LogP contribution in [0.1, 0.15) is 56.1 Å². The Kier molecular flexibility index (Phi) is 7.50. The summed E-state index contributed by atoms with van der Waals surface area (Å²) >= 11 is 0. The van der Waals surface area contributed by atoms with Crippen molar-refractivity contribution >= 4 is 18.0 Å². The van der Waals surface area contributed by atoms with Gasteiger partial charge in [-0.3, -0.25) is 9.59 Å². The van der Waals surface area contributed by atoms with E-state index in [2.05, 4.69) is 29.6 Å². The van der Waals surface area contributed by atoms with Gasteiger partial charge in [-0.1, -0.05) is 55.5 Å². The molecule has 7 nitrogen and oxygen atoms in total. The van der Waals surface area contributed by atoms with E-state index in [1.807, 2.05) is 31.2 Å². The van der Waals surface area contributed by atoms with Gasteiger partial charge in [-0.25, -0.2) is 4.79 Å². The van der Waals surface area contributed by atoms with Crippen molar-refractivity contribution in [2.75, 3.05) is 19.7 Å². The van der Waals surface area contributed by atoms with Crippen LogP contribution in [0.4, 0.5) is 4.79 Å². The van der Waals surface area contributed by atoms with Gasteiger partial charge in [0.15, 0.2) is 0 Å². The molecule has 1 heterocycles. The number of carbonyl (C=O) groups excluding carboxylic acids is 2. The number of nitrogens with one attached hydrogen (secondary N) is 1. The molecular formula is C27H32N2O5. The molecule has 2 aromatic rings. The molecule has 1 aliphatic heterocycles. The lowest BCUT2D eigenvalue weighted by atomic mass is 9.98. The van der Waals surface area contributed by atoms with E-state index >= 15 is 0 Å². The summed E-state index contributed by atoms with van der Waals surface area (Å²) in [6, 6.07) is 16.2. The average Bonchev–Trinajstić information content (AvgIpc) is 3.40. The van der Waals surface area contributed by atoms with Crippen LogP contribution < -0.4 is 5.32 Å². The van der Waals surface area contributed by atoms with Gasteiger partial charge in [-0.05, 0) is 47.4 Å². The Balaban J connectivity index is 1.21. The summed E-state index contributed by atoms with van der Waals surface area (Å²) < 4.78 is 5.55. The summed E-state index contributed by atoms with van der Waals surface area (Å²) in [6.45, 7) is 3.29. The second-order valence-electron chi connectivity index (χ2n) is 9.33. The number of carboxylic acid groups (broad SMARTS) is 1. The molecule has 2 atom stereocenters. The Morgan fingerprint density at radius 3 is 2.38 bits per heavy atom. The van der Waals surface area contributed by atoms with E-state index in [9.17, 15) is 14.4 Å². The number of benzene rings is 2. The van der Waals surface area contributed by atoms with E-state index < -0.39 is 12.1 Å². The quantitative estimate of drug-likeness (QED) is 0.573. The fourth-order valence-electron chi connectivity index (χ4n) is 5.17. The molecule has 4 rings (SSSR count). The Morgan fingerprint density at radius 2 is 1.74 bits per heavy atom. The number of likely N-dealkylation sites (tertiary alicyclic amines) is 1. The topological polar surface area (TPSA) is 95.9 Å². The van der Waals surface area contributed by atoms with Crippen molar-refractivity contribution in [1.29, 1.82) is 0 Å². The molecule has 2 amide bonds. The number of carbonyl (C=O) groups is 3. The van der Waals surface area contributed by atoms with Crippen molar-refractivity contribution in [1.82, 2.24) is 10.2 Å². The molecule has 0 saturated carbocycles. The van der Waals surface area contributed by atoms with Gasteiger partial charge >= 0.3 is 12.1 Å². The summed E-state index contributed by atoms with van der Waals surface area (Å²) in [7, 11) is 0. The maximum Gasteiger partial charge on any atom is 0.407 e. The molecule has 1 saturated heterocycles. The molecule has 1 aliphatic carbocycles. The fraction of sp³-hybridized carbons (Fsp3) is 0.444. The van der Waals surface area contributed by atoms with Gasteiger partial charge < -0.3 is 20.1 Å². The Bertz CT molecular complexity index is 1010. The van der Waals surface area contributed by atoms with Crippen molar-refractivity contribution in [3.63, 3.8) is 0 Å². The summed E-state index contributed by atoms with van der Waals surface area (Å²) in [5, 5.41) is 11.8. The summed E-state index contributed by atoms with van der Waals surface area (Å²) in [5.74, 6) is -0.774. The molecule has 7 heteroatoms. The first-order chi connectivity index (χ1) is 16.4. The lowest BCUT2D eigenvalue weighted by Gasteiger charge is -2.25. The molecule has 0 bridgehead atoms. The normalized spacial score (nSPS) is 17.7. The van der Waals surface area contributed by atoms with Crippen LogP contribution in [-0.4, -0.2) is 53.7 Å². The number of fused-ring (bicyclic) bond motifs is 3. The lowest BCUT2D eigenvalue weighted by Crippen LogP contribution is -2.37. The largest absolute Gasteiger partial charge is 0.481 e. The minimum absolute atomic E-state index is 0.00242. The molecule has 2 N–H and O–H groups in total. The highest BCUT2D eigenvalue weighted by molar-refractivity contribution is 5.79. The number of alkyl carbamates (subject to hydrolysis) is 1. The van der Waals surface area contributed by atoms with E-state index in [1.54, 1.807) is 4.90 Å². The average molecular weight is 465 g/mol. The minimum atomic E-state index is -0.870. The first kappa shape index (κ1) is 23.8. The van der Waals surface area contributed by atoms with Crippen LogP contribution in [0.2, 0.25) is 0 Å². The highest BCUT2D eigenvalue weighted by Crippen LogP contribution is 2.44. The van der Waals surface area contributed by atoms with E-state index in [4.69, 9.17) is 9.84 Å². The number of nitrogens with zero attached hydrogens (tertiary/aromatic N) is 1. The minimum Gasteiger partial charge on any atom is -0.481 e. The maximum atomic E-state index is 12.6. The third-order valence-electron chi connectivity index (χ3n) is 6.88. The van der Waals surface area contributed by atoms with Gasteiger partial charge in [-0.15, -0.1) is 0 Å². The zero-order valence-corrected chi connectivity index (χ0v) is 19.5. The maximum absolute atomic E-state index is 12.6. The lowest BCUT2D eigenvalue weighted by molar-refractivity contribution is -0.140. The third-order valence-corrected chi connectivity index (χ3v) is 6.88. The van der Waals surface area contributed by atoms with Crippen LogP contribution in [-0.2, 0) is 14.3 Å². The molecule has 2 aliphatic rings. The molecular weight excluding hydrogens is 432 g/mol. The molecule has 1 fully saturated rings. The van der Waals surface area contributed by atoms with Crippen LogP contribution in [0.25, 0.3) is 11.1 Å². The third kappa shape index (κ3) is 5.41. The number of rotatable bonds is 9. The zero-order chi connectivity index (χ0) is 24.1. The van der Waals surface area contributed by atoms with Gasteiger partial charge in [0.05, 0.1) is 6.42 Å². The Hall–Kier alpha value is -3.35. The van der Waals surface area contributed by atoms with E-state index in [1.165, 1.54) is 22.3 Å². The molecule has 34 heavy (non-hydrogen) atoms. The number of aliphatic carboxylic acids is 1. The van der Waals surface area contributed by atoms with Crippen LogP contribution in [0, 0.1) is 5.92 Å². The molecule has 180 valence electrons. The van der Waals surface area contributed by atoms with Crippen LogP contribution in [0.5, 0.6) is 0 Å². The van der Waals surface area contributed by atoms with Gasteiger partial charge in [-0.2, -0.15) is 0 Å². The van der Waals surface area contributed by atoms with E-state index in [0.29, 0.717) is 25.9 Å². The summed E-state index contributed by atoms with van der Waals surface area (Å²) in [6.07, 6.45) is 2.14. The van der Waals surface area contributed by atoms with E-state index in [-0.39, 0.29) is 36.8 Å². The zero-order valence-electron chi connectivity index (χ0n) is 19.5. The van der Waals surface area contributed by atoms with Crippen molar-refractivity contribution in [3.8, 4) is 11.1 Å². The smallest absolute Gasteiger partial charge is 0.407 e. The second kappa shape index (κ2) is 10.7. The Labute approximate surface area is 200 Å². The molecule has 0 radical (unpaired) electrons. The first-order valence-corrected chi connectivity index (χ1v) is 12.0.